The summed E-state index contributed by atoms with van der Waals surface area (Å²) in [6.07, 6.45) is 3.95. The van der Waals surface area contributed by atoms with E-state index in [9.17, 15) is 4.79 Å². The molecule has 0 spiro atoms. The number of carbonyl (C=O) groups excluding carboxylic acids is 1. The van der Waals surface area contributed by atoms with Crippen molar-refractivity contribution >= 4 is 12.1 Å². The summed E-state index contributed by atoms with van der Waals surface area (Å²) in [6.45, 7) is 3.58. The number of rotatable bonds is 9. The minimum atomic E-state index is -0.364. The summed E-state index contributed by atoms with van der Waals surface area (Å²) < 4.78 is 16.0. The molecule has 6 heteroatoms. The summed E-state index contributed by atoms with van der Waals surface area (Å²) >= 11 is 0. The summed E-state index contributed by atoms with van der Waals surface area (Å²) in [4.78, 5) is 11.9. The lowest BCUT2D eigenvalue weighted by Crippen LogP contribution is -2.24. The van der Waals surface area contributed by atoms with Crippen molar-refractivity contribution in [2.24, 2.45) is 5.10 Å². The van der Waals surface area contributed by atoms with Crippen molar-refractivity contribution in [3.8, 4) is 17.2 Å². The summed E-state index contributed by atoms with van der Waals surface area (Å²) in [6, 6.07) is 12.8. The van der Waals surface area contributed by atoms with Gasteiger partial charge in [-0.2, -0.15) is 5.10 Å². The van der Waals surface area contributed by atoms with E-state index in [1.807, 2.05) is 24.3 Å². The van der Waals surface area contributed by atoms with E-state index in [4.69, 9.17) is 14.2 Å². The Morgan fingerprint density at radius 1 is 1.15 bits per heavy atom. The number of hydrazone groups is 1. The van der Waals surface area contributed by atoms with Crippen molar-refractivity contribution in [2.45, 2.75) is 6.42 Å². The smallest absolute Gasteiger partial charge is 0.277 e. The molecule has 0 saturated carbocycles. The summed E-state index contributed by atoms with van der Waals surface area (Å²) in [5.74, 6) is 1.58. The molecule has 0 atom stereocenters. The molecular weight excluding hydrogens is 332 g/mol. The van der Waals surface area contributed by atoms with Gasteiger partial charge in [0.15, 0.2) is 6.61 Å². The monoisotopic (exact) mass is 354 g/mol. The molecule has 2 rings (SSSR count). The van der Waals surface area contributed by atoms with Gasteiger partial charge >= 0.3 is 0 Å². The Morgan fingerprint density at radius 2 is 1.96 bits per heavy atom. The molecule has 136 valence electrons. The lowest BCUT2D eigenvalue weighted by atomic mass is 10.1. The zero-order valence-electron chi connectivity index (χ0n) is 14.9. The van der Waals surface area contributed by atoms with E-state index in [-0.39, 0.29) is 12.5 Å². The molecule has 0 aliphatic heterocycles. The predicted octanol–water partition coefficient (Wildman–Crippen LogP) is 2.96. The van der Waals surface area contributed by atoms with Gasteiger partial charge in [-0.05, 0) is 36.2 Å². The van der Waals surface area contributed by atoms with Gasteiger partial charge in [-0.1, -0.05) is 24.3 Å². The average molecular weight is 354 g/mol. The molecule has 0 aliphatic carbocycles. The van der Waals surface area contributed by atoms with Gasteiger partial charge in [-0.3, -0.25) is 4.79 Å². The molecule has 6 nitrogen and oxygen atoms in total. The van der Waals surface area contributed by atoms with Crippen LogP contribution in [-0.2, 0) is 11.2 Å². The van der Waals surface area contributed by atoms with E-state index in [0.717, 1.165) is 5.56 Å². The number of nitrogens with zero attached hydrogens (tertiary/aromatic N) is 1. The SMILES string of the molecule is C=CCc1ccccc1OCC(=O)N/N=C\c1cc(OC)ccc1OC. The number of hydrogen-bond acceptors (Lipinski definition) is 5. The van der Waals surface area contributed by atoms with Crippen LogP contribution in [0.3, 0.4) is 0 Å². The third kappa shape index (κ3) is 5.37. The second-order valence-electron chi connectivity index (χ2n) is 5.29. The van der Waals surface area contributed by atoms with Crippen molar-refractivity contribution in [3.63, 3.8) is 0 Å². The van der Waals surface area contributed by atoms with Crippen molar-refractivity contribution < 1.29 is 19.0 Å². The average Bonchev–Trinajstić information content (AvgIpc) is 2.67. The van der Waals surface area contributed by atoms with Gasteiger partial charge in [0.1, 0.15) is 17.2 Å². The molecule has 0 aromatic heterocycles. The van der Waals surface area contributed by atoms with Crippen LogP contribution >= 0.6 is 0 Å². The van der Waals surface area contributed by atoms with E-state index in [0.29, 0.717) is 29.2 Å². The number of methoxy groups -OCH3 is 2. The zero-order chi connectivity index (χ0) is 18.8. The molecule has 0 aliphatic rings. The molecule has 0 fully saturated rings. The standard InChI is InChI=1S/C20H22N2O4/c1-4-7-15-8-5-6-9-19(15)26-14-20(23)22-21-13-16-12-17(24-2)10-11-18(16)25-3/h4-6,8-13H,1,7,14H2,2-3H3,(H,22,23)/b21-13-. The highest BCUT2D eigenvalue weighted by molar-refractivity contribution is 5.86. The van der Waals surface area contributed by atoms with Crippen molar-refractivity contribution in [2.75, 3.05) is 20.8 Å². The number of ether oxygens (including phenoxy) is 3. The quantitative estimate of drug-likeness (QED) is 0.427. The van der Waals surface area contributed by atoms with Crippen LogP contribution in [0, 0.1) is 0 Å². The Morgan fingerprint density at radius 3 is 2.69 bits per heavy atom. The first-order valence-electron chi connectivity index (χ1n) is 8.03. The van der Waals surface area contributed by atoms with Gasteiger partial charge in [0, 0.05) is 5.56 Å². The highest BCUT2D eigenvalue weighted by Crippen LogP contribution is 2.22. The molecule has 1 N–H and O–H groups in total. The Balaban J connectivity index is 1.93. The van der Waals surface area contributed by atoms with E-state index in [1.165, 1.54) is 6.21 Å². The highest BCUT2D eigenvalue weighted by Gasteiger charge is 2.06. The minimum absolute atomic E-state index is 0.138. The lowest BCUT2D eigenvalue weighted by molar-refractivity contribution is -0.123. The Kier molecular flexibility index (Phi) is 7.24. The van der Waals surface area contributed by atoms with Crippen LogP contribution in [0.4, 0.5) is 0 Å². The van der Waals surface area contributed by atoms with Crippen LogP contribution in [0.1, 0.15) is 11.1 Å². The predicted molar refractivity (Wildman–Crippen MR) is 101 cm³/mol. The maximum Gasteiger partial charge on any atom is 0.277 e. The first-order chi connectivity index (χ1) is 12.7. The molecule has 0 heterocycles. The van der Waals surface area contributed by atoms with Gasteiger partial charge in [-0.15, -0.1) is 6.58 Å². The molecular formula is C20H22N2O4. The van der Waals surface area contributed by atoms with E-state index in [2.05, 4.69) is 17.1 Å². The second kappa shape index (κ2) is 9.88. The molecule has 2 aromatic rings. The summed E-state index contributed by atoms with van der Waals surface area (Å²) in [7, 11) is 3.14. The number of hydrogen-bond donors (Lipinski definition) is 1. The molecule has 1 amide bonds. The van der Waals surface area contributed by atoms with Crippen LogP contribution in [0.5, 0.6) is 17.2 Å². The highest BCUT2D eigenvalue weighted by atomic mass is 16.5. The third-order valence-corrected chi connectivity index (χ3v) is 3.53. The molecule has 26 heavy (non-hydrogen) atoms. The number of amides is 1. The van der Waals surface area contributed by atoms with Crippen LogP contribution in [0.15, 0.2) is 60.2 Å². The van der Waals surface area contributed by atoms with Crippen LogP contribution in [0.25, 0.3) is 0 Å². The number of carbonyl (C=O) groups is 1. The number of nitrogens with one attached hydrogen (secondary N) is 1. The molecule has 2 aromatic carbocycles. The van der Waals surface area contributed by atoms with Gasteiger partial charge in [0.05, 0.1) is 20.4 Å². The zero-order valence-corrected chi connectivity index (χ0v) is 14.9. The number of para-hydroxylation sites is 1. The number of allylic oxidation sites excluding steroid dienone is 1. The van der Waals surface area contributed by atoms with E-state index >= 15 is 0 Å². The Hall–Kier alpha value is -3.28. The normalized spacial score (nSPS) is 10.4. The summed E-state index contributed by atoms with van der Waals surface area (Å²) in [5.41, 5.74) is 4.09. The van der Waals surface area contributed by atoms with Crippen molar-refractivity contribution in [1.29, 1.82) is 0 Å². The first-order valence-corrected chi connectivity index (χ1v) is 8.03. The molecule has 0 saturated heterocycles. The number of benzene rings is 2. The fourth-order valence-corrected chi connectivity index (χ4v) is 2.26. The van der Waals surface area contributed by atoms with Gasteiger partial charge in [-0.25, -0.2) is 5.43 Å². The summed E-state index contributed by atoms with van der Waals surface area (Å²) in [5, 5.41) is 3.94. The fourth-order valence-electron chi connectivity index (χ4n) is 2.26. The van der Waals surface area contributed by atoms with Crippen LogP contribution in [-0.4, -0.2) is 32.9 Å². The van der Waals surface area contributed by atoms with Gasteiger partial charge in [0.25, 0.3) is 5.91 Å². The molecule has 0 bridgehead atoms. The second-order valence-corrected chi connectivity index (χ2v) is 5.29. The fraction of sp³-hybridized carbons (Fsp3) is 0.200. The van der Waals surface area contributed by atoms with Crippen molar-refractivity contribution in [1.82, 2.24) is 5.43 Å². The van der Waals surface area contributed by atoms with Crippen LogP contribution < -0.4 is 19.6 Å². The lowest BCUT2D eigenvalue weighted by Gasteiger charge is -2.09. The van der Waals surface area contributed by atoms with E-state index < -0.39 is 0 Å². The third-order valence-electron chi connectivity index (χ3n) is 3.53. The molecule has 0 unspecified atom stereocenters. The topological polar surface area (TPSA) is 69.2 Å². The van der Waals surface area contributed by atoms with Gasteiger partial charge < -0.3 is 14.2 Å². The van der Waals surface area contributed by atoms with Crippen LogP contribution in [0.2, 0.25) is 0 Å². The maximum atomic E-state index is 11.9. The Bertz CT molecular complexity index is 787. The maximum absolute atomic E-state index is 11.9. The van der Waals surface area contributed by atoms with E-state index in [1.54, 1.807) is 38.5 Å². The Labute approximate surface area is 153 Å². The van der Waals surface area contributed by atoms with Gasteiger partial charge in [0.2, 0.25) is 0 Å². The molecule has 0 radical (unpaired) electrons. The van der Waals surface area contributed by atoms with Crippen molar-refractivity contribution in [3.05, 3.63) is 66.2 Å². The largest absolute Gasteiger partial charge is 0.497 e. The first kappa shape index (κ1) is 19.1. The minimum Gasteiger partial charge on any atom is -0.497 e.